The van der Waals surface area contributed by atoms with Crippen molar-refractivity contribution in [2.75, 3.05) is 5.73 Å². The first-order valence-corrected chi connectivity index (χ1v) is 9.92. The first-order valence-electron chi connectivity index (χ1n) is 9.92. The zero-order valence-corrected chi connectivity index (χ0v) is 15.2. The predicted molar refractivity (Wildman–Crippen MR) is 97.6 cm³/mol. The van der Waals surface area contributed by atoms with Gasteiger partial charge in [-0.1, -0.05) is 19.3 Å². The molecule has 7 heteroatoms. The molecule has 0 saturated heterocycles. The number of hydrogen-bond donors (Lipinski definition) is 1. The molecule has 0 bridgehead atoms. The number of nitrogens with zero attached hydrogens (tertiary/aromatic N) is 3. The van der Waals surface area contributed by atoms with Gasteiger partial charge in [-0.3, -0.25) is 4.68 Å². The Morgan fingerprint density at radius 3 is 2.52 bits per heavy atom. The Labute approximate surface area is 156 Å². The zero-order chi connectivity index (χ0) is 18.5. The molecule has 5 rings (SSSR count). The molecule has 144 valence electrons. The van der Waals surface area contributed by atoms with Crippen LogP contribution in [-0.2, 0) is 0 Å². The van der Waals surface area contributed by atoms with Crippen molar-refractivity contribution in [3.05, 3.63) is 24.0 Å². The van der Waals surface area contributed by atoms with Gasteiger partial charge < -0.3 is 10.5 Å². The number of aromatic nitrogens is 3. The van der Waals surface area contributed by atoms with Gasteiger partial charge in [0.05, 0.1) is 11.7 Å². The molecule has 3 atom stereocenters. The van der Waals surface area contributed by atoms with Crippen LogP contribution in [0, 0.1) is 11.8 Å². The number of alkyl halides is 2. The van der Waals surface area contributed by atoms with Crippen molar-refractivity contribution in [1.29, 1.82) is 0 Å². The van der Waals surface area contributed by atoms with Crippen molar-refractivity contribution in [2.24, 2.45) is 11.8 Å². The van der Waals surface area contributed by atoms with E-state index >= 15 is 0 Å². The Morgan fingerprint density at radius 1 is 1.07 bits per heavy atom. The summed E-state index contributed by atoms with van der Waals surface area (Å²) in [7, 11) is 0. The Morgan fingerprint density at radius 2 is 1.81 bits per heavy atom. The van der Waals surface area contributed by atoms with E-state index in [2.05, 4.69) is 20.5 Å². The van der Waals surface area contributed by atoms with Gasteiger partial charge in [0.15, 0.2) is 11.6 Å². The SMILES string of the molecule is Nc1ncc(-c2cc(C3[C@H]4CCC[C@@H]34)n(C3CCCC3)n2)cc1OC(F)F. The molecular weight excluding hydrogens is 350 g/mol. The number of hydrogen-bond acceptors (Lipinski definition) is 4. The van der Waals surface area contributed by atoms with Crippen LogP contribution in [0.4, 0.5) is 14.6 Å². The van der Waals surface area contributed by atoms with E-state index in [-0.39, 0.29) is 11.6 Å². The molecule has 2 aromatic rings. The highest BCUT2D eigenvalue weighted by Gasteiger charge is 2.54. The number of halogens is 2. The second kappa shape index (κ2) is 6.46. The summed E-state index contributed by atoms with van der Waals surface area (Å²) in [4.78, 5) is 4.03. The summed E-state index contributed by atoms with van der Waals surface area (Å²) >= 11 is 0. The predicted octanol–water partition coefficient (Wildman–Crippen LogP) is 4.76. The molecule has 3 saturated carbocycles. The van der Waals surface area contributed by atoms with Gasteiger partial charge in [-0.25, -0.2) is 4.98 Å². The van der Waals surface area contributed by atoms with E-state index in [0.717, 1.165) is 30.4 Å². The Bertz CT molecular complexity index is 837. The number of rotatable bonds is 5. The number of fused-ring (bicyclic) bond motifs is 1. The normalized spacial score (nSPS) is 27.3. The maximum atomic E-state index is 12.6. The quantitative estimate of drug-likeness (QED) is 0.820. The van der Waals surface area contributed by atoms with Crippen LogP contribution in [0.25, 0.3) is 11.3 Å². The van der Waals surface area contributed by atoms with Crippen molar-refractivity contribution >= 4 is 5.82 Å². The molecule has 2 aromatic heterocycles. The van der Waals surface area contributed by atoms with E-state index in [1.54, 1.807) is 6.20 Å². The lowest BCUT2D eigenvalue weighted by atomic mass is 10.1. The van der Waals surface area contributed by atoms with Crippen molar-refractivity contribution < 1.29 is 13.5 Å². The van der Waals surface area contributed by atoms with Gasteiger partial charge in [0, 0.05) is 23.4 Å². The Balaban J connectivity index is 1.51. The van der Waals surface area contributed by atoms with Gasteiger partial charge in [0.2, 0.25) is 0 Å². The second-order valence-electron chi connectivity index (χ2n) is 8.11. The number of ether oxygens (including phenoxy) is 1. The van der Waals surface area contributed by atoms with Gasteiger partial charge >= 0.3 is 6.61 Å². The Kier molecular flexibility index (Phi) is 4.06. The van der Waals surface area contributed by atoms with E-state index in [9.17, 15) is 8.78 Å². The molecule has 1 unspecified atom stereocenters. The number of nitrogens with two attached hydrogens (primary N) is 1. The summed E-state index contributed by atoms with van der Waals surface area (Å²) in [5.74, 6) is 2.09. The van der Waals surface area contributed by atoms with Crippen molar-refractivity contribution in [3.63, 3.8) is 0 Å². The summed E-state index contributed by atoms with van der Waals surface area (Å²) < 4.78 is 32.0. The monoisotopic (exact) mass is 374 g/mol. The second-order valence-corrected chi connectivity index (χ2v) is 8.11. The molecule has 0 spiro atoms. The van der Waals surface area contributed by atoms with Gasteiger partial charge in [0.25, 0.3) is 0 Å². The number of nitrogen functional groups attached to an aromatic ring is 1. The van der Waals surface area contributed by atoms with Crippen molar-refractivity contribution in [2.45, 2.75) is 63.5 Å². The highest BCUT2D eigenvalue weighted by atomic mass is 19.3. The van der Waals surface area contributed by atoms with Crippen LogP contribution in [0.3, 0.4) is 0 Å². The average molecular weight is 374 g/mol. The van der Waals surface area contributed by atoms with Crippen LogP contribution >= 0.6 is 0 Å². The van der Waals surface area contributed by atoms with Crippen molar-refractivity contribution in [3.8, 4) is 17.0 Å². The highest BCUT2D eigenvalue weighted by Crippen LogP contribution is 2.63. The van der Waals surface area contributed by atoms with Crippen molar-refractivity contribution in [1.82, 2.24) is 14.8 Å². The van der Waals surface area contributed by atoms with E-state index in [1.165, 1.54) is 43.9 Å². The third kappa shape index (κ3) is 2.97. The first kappa shape index (κ1) is 17.0. The summed E-state index contributed by atoms with van der Waals surface area (Å²) in [6, 6.07) is 4.11. The fourth-order valence-electron chi connectivity index (χ4n) is 5.29. The standard InChI is InChI=1S/C20H24F2N4O/c21-20(22)27-17-8-11(10-24-19(17)23)15-9-16(18-13-6-3-7-14(13)18)26(25-15)12-4-1-2-5-12/h8-10,12-14,18,20H,1-7H2,(H2,23,24)/t13-,14+,18?. The summed E-state index contributed by atoms with van der Waals surface area (Å²) in [5, 5.41) is 4.89. The maximum Gasteiger partial charge on any atom is 0.387 e. The summed E-state index contributed by atoms with van der Waals surface area (Å²) in [5.41, 5.74) is 8.44. The maximum absolute atomic E-state index is 12.6. The van der Waals surface area contributed by atoms with Gasteiger partial charge in [-0.15, -0.1) is 0 Å². The van der Waals surface area contributed by atoms with E-state index in [1.807, 2.05) is 0 Å². The van der Waals surface area contributed by atoms with Crippen LogP contribution in [0.15, 0.2) is 18.3 Å². The molecule has 27 heavy (non-hydrogen) atoms. The van der Waals surface area contributed by atoms with Crippen LogP contribution in [0.2, 0.25) is 0 Å². The lowest BCUT2D eigenvalue weighted by Gasteiger charge is -2.15. The minimum atomic E-state index is -2.93. The fourth-order valence-corrected chi connectivity index (χ4v) is 5.29. The molecule has 0 aliphatic heterocycles. The number of anilines is 1. The van der Waals surface area contributed by atoms with Crippen LogP contribution < -0.4 is 10.5 Å². The van der Waals surface area contributed by atoms with Crippen LogP contribution in [0.5, 0.6) is 5.75 Å². The topological polar surface area (TPSA) is 66.0 Å². The smallest absolute Gasteiger partial charge is 0.387 e. The zero-order valence-electron chi connectivity index (χ0n) is 15.2. The minimum Gasteiger partial charge on any atom is -0.431 e. The fraction of sp³-hybridized carbons (Fsp3) is 0.600. The summed E-state index contributed by atoms with van der Waals surface area (Å²) in [6.45, 7) is -2.93. The van der Waals surface area contributed by atoms with Crippen LogP contribution in [-0.4, -0.2) is 21.4 Å². The van der Waals surface area contributed by atoms with E-state index in [0.29, 0.717) is 17.5 Å². The highest BCUT2D eigenvalue weighted by molar-refractivity contribution is 5.64. The molecule has 3 fully saturated rings. The molecule has 0 aromatic carbocycles. The lowest BCUT2D eigenvalue weighted by Crippen LogP contribution is -2.11. The molecule has 5 nitrogen and oxygen atoms in total. The molecule has 2 N–H and O–H groups in total. The van der Waals surface area contributed by atoms with Gasteiger partial charge in [-0.05, 0) is 49.7 Å². The third-order valence-corrected chi connectivity index (χ3v) is 6.58. The third-order valence-electron chi connectivity index (χ3n) is 6.58. The molecule has 2 heterocycles. The average Bonchev–Trinajstić information content (AvgIpc) is 3.16. The van der Waals surface area contributed by atoms with Gasteiger partial charge in [-0.2, -0.15) is 13.9 Å². The minimum absolute atomic E-state index is 0.0359. The summed E-state index contributed by atoms with van der Waals surface area (Å²) in [6.07, 6.45) is 10.4. The van der Waals surface area contributed by atoms with E-state index < -0.39 is 6.61 Å². The van der Waals surface area contributed by atoms with E-state index in [4.69, 9.17) is 10.8 Å². The Hall–Kier alpha value is -2.18. The molecule has 0 radical (unpaired) electrons. The lowest BCUT2D eigenvalue weighted by molar-refractivity contribution is -0.0494. The van der Waals surface area contributed by atoms with Gasteiger partial charge in [0.1, 0.15) is 0 Å². The first-order chi connectivity index (χ1) is 13.1. The molecular formula is C20H24F2N4O. The molecule has 3 aliphatic rings. The molecule has 3 aliphatic carbocycles. The molecule has 0 amide bonds. The largest absolute Gasteiger partial charge is 0.431 e. The number of pyridine rings is 1. The van der Waals surface area contributed by atoms with Crippen LogP contribution in [0.1, 0.15) is 62.6 Å².